The molecule has 1 aliphatic carbocycles. The summed E-state index contributed by atoms with van der Waals surface area (Å²) < 4.78 is 0. The molecule has 4 heteroatoms. The highest BCUT2D eigenvalue weighted by molar-refractivity contribution is 7.98. The first-order valence-electron chi connectivity index (χ1n) is 6.62. The van der Waals surface area contributed by atoms with Crippen LogP contribution in [0.2, 0.25) is 0 Å². The van der Waals surface area contributed by atoms with E-state index in [1.54, 1.807) is 0 Å². The van der Waals surface area contributed by atoms with Crippen molar-refractivity contribution in [3.63, 3.8) is 0 Å². The lowest BCUT2D eigenvalue weighted by atomic mass is 10.2. The Morgan fingerprint density at radius 1 is 1.41 bits per heavy atom. The smallest absolute Gasteiger partial charge is 0.103 e. The van der Waals surface area contributed by atoms with Crippen molar-refractivity contribution in [2.45, 2.75) is 51.3 Å². The SMILES string of the molecule is CCCNCc1sc(CSCC)nc1C1CC1. The Morgan fingerprint density at radius 3 is 2.88 bits per heavy atom. The molecule has 1 heterocycles. The molecule has 2 nitrogen and oxygen atoms in total. The summed E-state index contributed by atoms with van der Waals surface area (Å²) in [6.45, 7) is 6.56. The van der Waals surface area contributed by atoms with E-state index in [9.17, 15) is 0 Å². The topological polar surface area (TPSA) is 24.9 Å². The summed E-state index contributed by atoms with van der Waals surface area (Å²) in [6, 6.07) is 0. The molecule has 17 heavy (non-hydrogen) atoms. The fourth-order valence-corrected chi connectivity index (χ4v) is 3.69. The third-order valence-electron chi connectivity index (χ3n) is 2.88. The van der Waals surface area contributed by atoms with Gasteiger partial charge in [0.1, 0.15) is 5.01 Å². The van der Waals surface area contributed by atoms with Crippen molar-refractivity contribution in [2.24, 2.45) is 0 Å². The highest BCUT2D eigenvalue weighted by atomic mass is 32.2. The Hall–Kier alpha value is -0.0600. The highest BCUT2D eigenvalue weighted by Crippen LogP contribution is 2.43. The van der Waals surface area contributed by atoms with Gasteiger partial charge < -0.3 is 5.32 Å². The van der Waals surface area contributed by atoms with Gasteiger partial charge in [-0.15, -0.1) is 11.3 Å². The van der Waals surface area contributed by atoms with Crippen LogP contribution in [0.1, 0.15) is 54.6 Å². The van der Waals surface area contributed by atoms with Crippen LogP contribution < -0.4 is 5.32 Å². The van der Waals surface area contributed by atoms with Gasteiger partial charge in [0.25, 0.3) is 0 Å². The van der Waals surface area contributed by atoms with Crippen LogP contribution in [0.3, 0.4) is 0 Å². The first-order valence-corrected chi connectivity index (χ1v) is 8.59. The number of hydrogen-bond donors (Lipinski definition) is 1. The molecule has 0 unspecified atom stereocenters. The maximum atomic E-state index is 4.85. The van der Waals surface area contributed by atoms with Crippen LogP contribution in [0.15, 0.2) is 0 Å². The number of thioether (sulfide) groups is 1. The van der Waals surface area contributed by atoms with Crippen LogP contribution in [-0.2, 0) is 12.3 Å². The summed E-state index contributed by atoms with van der Waals surface area (Å²) in [5.74, 6) is 3.06. The molecule has 0 atom stereocenters. The van der Waals surface area contributed by atoms with E-state index in [-0.39, 0.29) is 0 Å². The second-order valence-electron chi connectivity index (χ2n) is 4.50. The van der Waals surface area contributed by atoms with E-state index >= 15 is 0 Å². The quantitative estimate of drug-likeness (QED) is 0.728. The summed E-state index contributed by atoms with van der Waals surface area (Å²) >= 11 is 3.89. The van der Waals surface area contributed by atoms with E-state index in [4.69, 9.17) is 4.98 Å². The van der Waals surface area contributed by atoms with Crippen LogP contribution in [-0.4, -0.2) is 17.3 Å². The van der Waals surface area contributed by atoms with E-state index in [0.29, 0.717) is 0 Å². The predicted octanol–water partition coefficient (Wildman–Crippen LogP) is 3.77. The van der Waals surface area contributed by atoms with Gasteiger partial charge in [-0.25, -0.2) is 4.98 Å². The van der Waals surface area contributed by atoms with Gasteiger partial charge in [-0.3, -0.25) is 0 Å². The summed E-state index contributed by atoms with van der Waals surface area (Å²) in [4.78, 5) is 6.34. The Kier molecular flexibility index (Phi) is 5.32. The Balaban J connectivity index is 1.97. The molecule has 0 aliphatic heterocycles. The maximum Gasteiger partial charge on any atom is 0.103 e. The molecule has 1 aliphatic rings. The molecular weight excluding hydrogens is 248 g/mol. The zero-order valence-electron chi connectivity index (χ0n) is 10.8. The Morgan fingerprint density at radius 2 is 2.24 bits per heavy atom. The van der Waals surface area contributed by atoms with Crippen LogP contribution >= 0.6 is 23.1 Å². The molecule has 1 aromatic heterocycles. The van der Waals surface area contributed by atoms with Gasteiger partial charge in [-0.05, 0) is 31.6 Å². The van der Waals surface area contributed by atoms with Crippen molar-refractivity contribution in [3.8, 4) is 0 Å². The largest absolute Gasteiger partial charge is 0.312 e. The predicted molar refractivity (Wildman–Crippen MR) is 77.9 cm³/mol. The Labute approximate surface area is 113 Å². The number of thiazole rings is 1. The molecule has 1 aromatic rings. The average molecular weight is 270 g/mol. The van der Waals surface area contributed by atoms with Crippen LogP contribution in [0.25, 0.3) is 0 Å². The van der Waals surface area contributed by atoms with Crippen molar-refractivity contribution in [3.05, 3.63) is 15.6 Å². The zero-order valence-corrected chi connectivity index (χ0v) is 12.4. The zero-order chi connectivity index (χ0) is 12.1. The van der Waals surface area contributed by atoms with Crippen molar-refractivity contribution in [1.82, 2.24) is 10.3 Å². The molecule has 1 saturated carbocycles. The normalized spacial score (nSPS) is 15.4. The number of nitrogens with zero attached hydrogens (tertiary/aromatic N) is 1. The maximum absolute atomic E-state index is 4.85. The third kappa shape index (κ3) is 3.97. The number of hydrogen-bond acceptors (Lipinski definition) is 4. The first kappa shape index (κ1) is 13.4. The fourth-order valence-electron chi connectivity index (χ4n) is 1.85. The minimum absolute atomic E-state index is 0.782. The second-order valence-corrected chi connectivity index (χ2v) is 6.95. The molecule has 0 radical (unpaired) electrons. The molecular formula is C13H22N2S2. The van der Waals surface area contributed by atoms with Crippen molar-refractivity contribution < 1.29 is 0 Å². The first-order chi connectivity index (χ1) is 8.35. The number of aromatic nitrogens is 1. The van der Waals surface area contributed by atoms with E-state index in [0.717, 1.165) is 24.8 Å². The minimum Gasteiger partial charge on any atom is -0.312 e. The fraction of sp³-hybridized carbons (Fsp3) is 0.769. The van der Waals surface area contributed by atoms with Crippen molar-refractivity contribution in [1.29, 1.82) is 0 Å². The monoisotopic (exact) mass is 270 g/mol. The molecule has 2 rings (SSSR count). The summed E-state index contributed by atoms with van der Waals surface area (Å²) in [7, 11) is 0. The number of nitrogens with one attached hydrogen (secondary N) is 1. The van der Waals surface area contributed by atoms with Gasteiger partial charge in [0.15, 0.2) is 0 Å². The minimum atomic E-state index is 0.782. The average Bonchev–Trinajstić information content (AvgIpc) is 3.10. The van der Waals surface area contributed by atoms with Crippen molar-refractivity contribution in [2.75, 3.05) is 12.3 Å². The lowest BCUT2D eigenvalue weighted by Crippen LogP contribution is -2.13. The lowest BCUT2D eigenvalue weighted by Gasteiger charge is -2.01. The van der Waals surface area contributed by atoms with Crippen LogP contribution in [0.5, 0.6) is 0 Å². The standard InChI is InChI=1S/C13H22N2S2/c1-3-7-14-8-11-13(10-5-6-10)15-12(17-11)9-16-4-2/h10,14H,3-9H2,1-2H3. The molecule has 0 spiro atoms. The van der Waals surface area contributed by atoms with E-state index in [1.807, 2.05) is 23.1 Å². The summed E-state index contributed by atoms with van der Waals surface area (Å²) in [5.41, 5.74) is 1.41. The molecule has 0 aromatic carbocycles. The van der Waals surface area contributed by atoms with Gasteiger partial charge in [0, 0.05) is 23.1 Å². The van der Waals surface area contributed by atoms with Crippen LogP contribution in [0.4, 0.5) is 0 Å². The summed E-state index contributed by atoms with van der Waals surface area (Å²) in [6.07, 6.45) is 3.91. The van der Waals surface area contributed by atoms with Gasteiger partial charge >= 0.3 is 0 Å². The molecule has 0 amide bonds. The third-order valence-corrected chi connectivity index (χ3v) is 5.02. The van der Waals surface area contributed by atoms with E-state index in [1.165, 1.54) is 40.6 Å². The van der Waals surface area contributed by atoms with Crippen molar-refractivity contribution >= 4 is 23.1 Å². The second kappa shape index (κ2) is 6.76. The van der Waals surface area contributed by atoms with Gasteiger partial charge in [0.2, 0.25) is 0 Å². The molecule has 1 fully saturated rings. The van der Waals surface area contributed by atoms with Gasteiger partial charge in [0.05, 0.1) is 5.69 Å². The molecule has 0 bridgehead atoms. The highest BCUT2D eigenvalue weighted by Gasteiger charge is 2.29. The van der Waals surface area contributed by atoms with Gasteiger partial charge in [-0.1, -0.05) is 13.8 Å². The Bertz CT molecular complexity index is 345. The van der Waals surface area contributed by atoms with E-state index in [2.05, 4.69) is 19.2 Å². The molecule has 96 valence electrons. The van der Waals surface area contributed by atoms with E-state index < -0.39 is 0 Å². The molecule has 0 saturated heterocycles. The number of rotatable bonds is 8. The van der Waals surface area contributed by atoms with Gasteiger partial charge in [-0.2, -0.15) is 11.8 Å². The lowest BCUT2D eigenvalue weighted by molar-refractivity contribution is 0.676. The van der Waals surface area contributed by atoms with Crippen LogP contribution in [0, 0.1) is 0 Å². The summed E-state index contributed by atoms with van der Waals surface area (Å²) in [5, 5.41) is 4.83. The molecule has 1 N–H and O–H groups in total.